The molecule has 0 saturated heterocycles. The number of nitrogens with zero attached hydrogens (tertiary/aromatic N) is 3. The molecule has 0 saturated carbocycles. The lowest BCUT2D eigenvalue weighted by Crippen LogP contribution is -2.40. The zero-order valence-corrected chi connectivity index (χ0v) is 20.7. The Morgan fingerprint density at radius 3 is 2.53 bits per heavy atom. The first-order valence-electron chi connectivity index (χ1n) is 11.8. The van der Waals surface area contributed by atoms with E-state index >= 15 is 0 Å². The molecule has 0 aliphatic heterocycles. The predicted octanol–water partition coefficient (Wildman–Crippen LogP) is 4.85. The fourth-order valence-electron chi connectivity index (χ4n) is 4.10. The van der Waals surface area contributed by atoms with Gasteiger partial charge in [0.1, 0.15) is 11.6 Å². The number of fused-ring (bicyclic) bond motifs is 1. The largest absolute Gasteiger partial charge is 0.497 e. The van der Waals surface area contributed by atoms with Gasteiger partial charge in [-0.25, -0.2) is 9.78 Å². The number of methoxy groups -OCH3 is 2. The molecule has 4 rings (SSSR count). The average Bonchev–Trinajstić information content (AvgIpc) is 2.91. The third-order valence-corrected chi connectivity index (χ3v) is 6.03. The van der Waals surface area contributed by atoms with Gasteiger partial charge in [0.15, 0.2) is 0 Å². The number of hydrogen-bond acceptors (Lipinski definition) is 5. The molecule has 0 bridgehead atoms. The van der Waals surface area contributed by atoms with E-state index in [1.807, 2.05) is 67.6 Å². The maximum absolute atomic E-state index is 13.6. The minimum atomic E-state index is -0.523. The van der Waals surface area contributed by atoms with E-state index in [1.54, 1.807) is 41.9 Å². The van der Waals surface area contributed by atoms with Crippen LogP contribution in [0.25, 0.3) is 10.9 Å². The average molecular weight is 487 g/mol. The van der Waals surface area contributed by atoms with Gasteiger partial charge in [0.05, 0.1) is 37.2 Å². The Kier molecular flexibility index (Phi) is 7.97. The molecular formula is C28H30N4O4. The Balaban J connectivity index is 1.76. The Morgan fingerprint density at radius 1 is 1.03 bits per heavy atom. The van der Waals surface area contributed by atoms with Gasteiger partial charge >= 0.3 is 6.03 Å². The zero-order chi connectivity index (χ0) is 25.5. The van der Waals surface area contributed by atoms with E-state index in [9.17, 15) is 9.59 Å². The first-order chi connectivity index (χ1) is 17.5. The standard InChI is InChI=1S/C28H30N4O4/c1-20(26-30-25-15-8-7-14-24(25)27(33)31(26)16-17-35-2)32(19-21-10-5-4-6-11-21)28(34)29-22-12-9-13-23(18-22)36-3/h4-15,18,20H,16-17,19H2,1-3H3,(H,29,34). The van der Waals surface area contributed by atoms with Crippen LogP contribution in [0, 0.1) is 0 Å². The number of urea groups is 1. The summed E-state index contributed by atoms with van der Waals surface area (Å²) in [7, 11) is 3.17. The Labute approximate surface area is 210 Å². The van der Waals surface area contributed by atoms with Crippen LogP contribution in [-0.4, -0.2) is 41.3 Å². The molecule has 0 radical (unpaired) electrons. The van der Waals surface area contributed by atoms with Crippen molar-refractivity contribution in [3.63, 3.8) is 0 Å². The fourth-order valence-corrected chi connectivity index (χ4v) is 4.10. The highest BCUT2D eigenvalue weighted by atomic mass is 16.5. The van der Waals surface area contributed by atoms with Crippen LogP contribution in [0.15, 0.2) is 83.7 Å². The summed E-state index contributed by atoms with van der Waals surface area (Å²) < 4.78 is 12.2. The Bertz CT molecular complexity index is 1390. The van der Waals surface area contributed by atoms with Gasteiger partial charge in [-0.05, 0) is 36.8 Å². The third kappa shape index (κ3) is 5.55. The van der Waals surface area contributed by atoms with Crippen molar-refractivity contribution in [2.45, 2.75) is 26.1 Å². The maximum atomic E-state index is 13.6. The van der Waals surface area contributed by atoms with E-state index in [0.717, 1.165) is 5.56 Å². The predicted molar refractivity (Wildman–Crippen MR) is 140 cm³/mol. The van der Waals surface area contributed by atoms with Gasteiger partial charge in [0.25, 0.3) is 5.56 Å². The number of carbonyl (C=O) groups excluding carboxylic acids is 1. The summed E-state index contributed by atoms with van der Waals surface area (Å²) in [6.07, 6.45) is 0. The second kappa shape index (κ2) is 11.5. The molecule has 4 aromatic rings. The number of nitrogens with one attached hydrogen (secondary N) is 1. The summed E-state index contributed by atoms with van der Waals surface area (Å²) in [5, 5.41) is 3.50. The first-order valence-corrected chi connectivity index (χ1v) is 11.8. The molecular weight excluding hydrogens is 456 g/mol. The molecule has 0 spiro atoms. The van der Waals surface area contributed by atoms with E-state index in [1.165, 1.54) is 0 Å². The number of aromatic nitrogens is 2. The van der Waals surface area contributed by atoms with E-state index < -0.39 is 6.04 Å². The van der Waals surface area contributed by atoms with Crippen molar-refractivity contribution >= 4 is 22.6 Å². The van der Waals surface area contributed by atoms with Crippen molar-refractivity contribution in [3.8, 4) is 5.75 Å². The molecule has 0 aliphatic rings. The summed E-state index contributed by atoms with van der Waals surface area (Å²) >= 11 is 0. The SMILES string of the molecule is COCCn1c(C(C)N(Cc2ccccc2)C(=O)Nc2cccc(OC)c2)nc2ccccc2c1=O. The van der Waals surface area contributed by atoms with Crippen molar-refractivity contribution in [1.82, 2.24) is 14.5 Å². The number of carbonyl (C=O) groups is 1. The van der Waals surface area contributed by atoms with Crippen molar-refractivity contribution in [3.05, 3.63) is 101 Å². The van der Waals surface area contributed by atoms with Gasteiger partial charge in [0.2, 0.25) is 0 Å². The minimum Gasteiger partial charge on any atom is -0.497 e. The molecule has 1 atom stereocenters. The smallest absolute Gasteiger partial charge is 0.322 e. The summed E-state index contributed by atoms with van der Waals surface area (Å²) in [6.45, 7) is 2.87. The fraction of sp³-hybridized carbons (Fsp3) is 0.250. The van der Waals surface area contributed by atoms with Crippen LogP contribution in [0.3, 0.4) is 0 Å². The van der Waals surface area contributed by atoms with Crippen molar-refractivity contribution in [2.24, 2.45) is 0 Å². The Morgan fingerprint density at radius 2 is 1.78 bits per heavy atom. The number of ether oxygens (including phenoxy) is 2. The van der Waals surface area contributed by atoms with Crippen molar-refractivity contribution < 1.29 is 14.3 Å². The molecule has 2 amide bonds. The topological polar surface area (TPSA) is 85.7 Å². The number of benzene rings is 3. The molecule has 1 aromatic heterocycles. The molecule has 3 aromatic carbocycles. The molecule has 186 valence electrons. The second-order valence-electron chi connectivity index (χ2n) is 8.39. The lowest BCUT2D eigenvalue weighted by atomic mass is 10.1. The maximum Gasteiger partial charge on any atom is 0.322 e. The van der Waals surface area contributed by atoms with Gasteiger partial charge in [-0.2, -0.15) is 0 Å². The highest BCUT2D eigenvalue weighted by Crippen LogP contribution is 2.25. The Hall–Kier alpha value is -4.17. The highest BCUT2D eigenvalue weighted by Gasteiger charge is 2.27. The third-order valence-electron chi connectivity index (χ3n) is 6.03. The number of para-hydroxylation sites is 1. The van der Waals surface area contributed by atoms with Crippen molar-refractivity contribution in [2.75, 3.05) is 26.1 Å². The number of anilines is 1. The van der Waals surface area contributed by atoms with Gasteiger partial charge in [-0.3, -0.25) is 9.36 Å². The quantitative estimate of drug-likeness (QED) is 0.366. The minimum absolute atomic E-state index is 0.160. The van der Waals surface area contributed by atoms with E-state index in [4.69, 9.17) is 14.5 Å². The van der Waals surface area contributed by atoms with E-state index in [-0.39, 0.29) is 11.6 Å². The van der Waals surface area contributed by atoms with Crippen LogP contribution in [0.1, 0.15) is 24.4 Å². The summed E-state index contributed by atoms with van der Waals surface area (Å²) in [5.41, 5.74) is 1.99. The monoisotopic (exact) mass is 486 g/mol. The number of amides is 2. The second-order valence-corrected chi connectivity index (χ2v) is 8.39. The summed E-state index contributed by atoms with van der Waals surface area (Å²) in [4.78, 5) is 33.6. The molecule has 8 nitrogen and oxygen atoms in total. The van der Waals surface area contributed by atoms with Crippen LogP contribution >= 0.6 is 0 Å². The highest BCUT2D eigenvalue weighted by molar-refractivity contribution is 5.90. The molecule has 1 N–H and O–H groups in total. The van der Waals surface area contributed by atoms with Gasteiger partial charge in [-0.1, -0.05) is 48.5 Å². The molecule has 0 aliphatic carbocycles. The lowest BCUT2D eigenvalue weighted by Gasteiger charge is -2.31. The van der Waals surface area contributed by atoms with Gasteiger partial charge < -0.3 is 19.7 Å². The summed E-state index contributed by atoms with van der Waals surface area (Å²) in [6, 6.07) is 23.3. The zero-order valence-electron chi connectivity index (χ0n) is 20.7. The first kappa shape index (κ1) is 24.9. The van der Waals surface area contributed by atoms with Crippen LogP contribution in [0.4, 0.5) is 10.5 Å². The lowest BCUT2D eigenvalue weighted by molar-refractivity contribution is 0.172. The number of rotatable bonds is 9. The normalized spacial score (nSPS) is 11.8. The number of hydrogen-bond donors (Lipinski definition) is 1. The van der Waals surface area contributed by atoms with Gasteiger partial charge in [0, 0.05) is 25.4 Å². The van der Waals surface area contributed by atoms with Crippen molar-refractivity contribution in [1.29, 1.82) is 0 Å². The summed E-state index contributed by atoms with van der Waals surface area (Å²) in [5.74, 6) is 1.13. The van der Waals surface area contributed by atoms with E-state index in [0.29, 0.717) is 47.9 Å². The molecule has 0 fully saturated rings. The van der Waals surface area contributed by atoms with Crippen LogP contribution in [0.2, 0.25) is 0 Å². The van der Waals surface area contributed by atoms with Crippen LogP contribution < -0.4 is 15.6 Å². The molecule has 1 unspecified atom stereocenters. The molecule has 36 heavy (non-hydrogen) atoms. The van der Waals surface area contributed by atoms with Gasteiger partial charge in [-0.15, -0.1) is 0 Å². The van der Waals surface area contributed by atoms with E-state index in [2.05, 4.69) is 5.32 Å². The molecule has 1 heterocycles. The van der Waals surface area contributed by atoms with Crippen LogP contribution in [-0.2, 0) is 17.8 Å². The molecule has 8 heteroatoms. The van der Waals surface area contributed by atoms with Crippen LogP contribution in [0.5, 0.6) is 5.75 Å².